The Kier molecular flexibility index (Phi) is 7.22. The summed E-state index contributed by atoms with van der Waals surface area (Å²) in [5, 5.41) is 9.25. The summed E-state index contributed by atoms with van der Waals surface area (Å²) in [6, 6.07) is 18.1. The predicted octanol–water partition coefficient (Wildman–Crippen LogP) is 5.54. The maximum Gasteiger partial charge on any atom is 0.243 e. The summed E-state index contributed by atoms with van der Waals surface area (Å²) in [4.78, 5) is 29.1. The molecular formula is C24H20Cl2N4O3. The Labute approximate surface area is 201 Å². The molecule has 0 fully saturated rings. The van der Waals surface area contributed by atoms with Crippen LogP contribution in [0.1, 0.15) is 24.8 Å². The van der Waals surface area contributed by atoms with Gasteiger partial charge in [-0.15, -0.1) is 0 Å². The molecule has 0 saturated heterocycles. The van der Waals surface area contributed by atoms with E-state index < -0.39 is 0 Å². The van der Waals surface area contributed by atoms with E-state index in [0.717, 1.165) is 11.3 Å². The van der Waals surface area contributed by atoms with Crippen LogP contribution in [0.15, 0.2) is 72.0 Å². The first-order chi connectivity index (χ1) is 16.0. The number of aromatic nitrogens is 1. The van der Waals surface area contributed by atoms with Gasteiger partial charge in [-0.3, -0.25) is 9.59 Å². The van der Waals surface area contributed by atoms with Crippen LogP contribution in [-0.4, -0.2) is 34.1 Å². The summed E-state index contributed by atoms with van der Waals surface area (Å²) in [6.45, 7) is 0.510. The molecule has 1 aliphatic rings. The van der Waals surface area contributed by atoms with Crippen LogP contribution in [0.25, 0.3) is 0 Å². The molecule has 0 unspecified atom stereocenters. The summed E-state index contributed by atoms with van der Waals surface area (Å²) in [7, 11) is 0. The van der Waals surface area contributed by atoms with Gasteiger partial charge in [0.15, 0.2) is 5.75 Å². The van der Waals surface area contributed by atoms with Gasteiger partial charge < -0.3 is 10.1 Å². The SMILES string of the molecule is O=C(CCC(=O)N1CCC(c2ccccc2)=N1)Nc1ccccc1Oc1ncc(Cl)cc1Cl. The van der Waals surface area contributed by atoms with Crippen LogP contribution < -0.4 is 10.1 Å². The second-order valence-corrected chi connectivity index (χ2v) is 8.11. The molecule has 0 spiro atoms. The maximum absolute atomic E-state index is 12.5. The van der Waals surface area contributed by atoms with Crippen LogP contribution in [0.4, 0.5) is 5.69 Å². The number of hydrogen-bond acceptors (Lipinski definition) is 5. The Morgan fingerprint density at radius 3 is 2.58 bits per heavy atom. The van der Waals surface area contributed by atoms with Crippen molar-refractivity contribution in [2.75, 3.05) is 11.9 Å². The lowest BCUT2D eigenvalue weighted by molar-refractivity contribution is -0.132. The second-order valence-electron chi connectivity index (χ2n) is 7.27. The molecule has 0 aliphatic carbocycles. The molecule has 0 saturated carbocycles. The van der Waals surface area contributed by atoms with Crippen LogP contribution in [0.3, 0.4) is 0 Å². The van der Waals surface area contributed by atoms with Gasteiger partial charge in [-0.2, -0.15) is 5.10 Å². The molecule has 2 heterocycles. The number of nitrogens with zero attached hydrogens (tertiary/aromatic N) is 3. The number of ether oxygens (including phenoxy) is 1. The molecule has 1 N–H and O–H groups in total. The number of pyridine rings is 1. The number of para-hydroxylation sites is 2. The van der Waals surface area contributed by atoms with E-state index in [2.05, 4.69) is 15.4 Å². The molecule has 7 nitrogen and oxygen atoms in total. The summed E-state index contributed by atoms with van der Waals surface area (Å²) < 4.78 is 5.75. The van der Waals surface area contributed by atoms with E-state index in [0.29, 0.717) is 29.4 Å². The fourth-order valence-corrected chi connectivity index (χ4v) is 3.69. The molecule has 168 valence electrons. The highest BCUT2D eigenvalue weighted by atomic mass is 35.5. The topological polar surface area (TPSA) is 83.9 Å². The first kappa shape index (κ1) is 22.8. The van der Waals surface area contributed by atoms with Crippen molar-refractivity contribution in [3.63, 3.8) is 0 Å². The van der Waals surface area contributed by atoms with E-state index in [-0.39, 0.29) is 35.6 Å². The van der Waals surface area contributed by atoms with Crippen molar-refractivity contribution in [2.45, 2.75) is 19.3 Å². The third kappa shape index (κ3) is 5.88. The average molecular weight is 483 g/mol. The van der Waals surface area contributed by atoms with Crippen LogP contribution in [0.2, 0.25) is 10.0 Å². The fraction of sp³-hybridized carbons (Fsp3) is 0.167. The largest absolute Gasteiger partial charge is 0.435 e. The van der Waals surface area contributed by atoms with Gasteiger partial charge >= 0.3 is 0 Å². The minimum atomic E-state index is -0.318. The quantitative estimate of drug-likeness (QED) is 0.479. The Balaban J connectivity index is 1.34. The van der Waals surface area contributed by atoms with Gasteiger partial charge in [-0.25, -0.2) is 9.99 Å². The number of carbonyl (C=O) groups is 2. The van der Waals surface area contributed by atoms with E-state index in [1.807, 2.05) is 30.3 Å². The van der Waals surface area contributed by atoms with Crippen molar-refractivity contribution in [1.29, 1.82) is 0 Å². The lowest BCUT2D eigenvalue weighted by Gasteiger charge is -2.13. The lowest BCUT2D eigenvalue weighted by Crippen LogP contribution is -2.25. The Hall–Kier alpha value is -3.42. The zero-order valence-electron chi connectivity index (χ0n) is 17.5. The minimum Gasteiger partial charge on any atom is -0.435 e. The van der Waals surface area contributed by atoms with Crippen LogP contribution in [0, 0.1) is 0 Å². The second kappa shape index (κ2) is 10.5. The number of hydrogen-bond donors (Lipinski definition) is 1. The van der Waals surface area contributed by atoms with Gasteiger partial charge in [0, 0.05) is 25.5 Å². The third-order valence-corrected chi connectivity index (χ3v) is 5.38. The smallest absolute Gasteiger partial charge is 0.243 e. The number of halogens is 2. The van der Waals surface area contributed by atoms with Crippen molar-refractivity contribution < 1.29 is 14.3 Å². The van der Waals surface area contributed by atoms with Gasteiger partial charge in [0.1, 0.15) is 5.02 Å². The third-order valence-electron chi connectivity index (χ3n) is 4.90. The van der Waals surface area contributed by atoms with E-state index >= 15 is 0 Å². The van der Waals surface area contributed by atoms with Crippen molar-refractivity contribution in [2.24, 2.45) is 5.10 Å². The van der Waals surface area contributed by atoms with E-state index in [9.17, 15) is 9.59 Å². The highest BCUT2D eigenvalue weighted by Gasteiger charge is 2.22. The fourth-order valence-electron chi connectivity index (χ4n) is 3.27. The molecule has 3 aromatic rings. The van der Waals surface area contributed by atoms with Crippen molar-refractivity contribution in [3.05, 3.63) is 82.5 Å². The molecule has 2 amide bonds. The number of nitrogens with one attached hydrogen (secondary N) is 1. The molecule has 0 atom stereocenters. The molecule has 33 heavy (non-hydrogen) atoms. The van der Waals surface area contributed by atoms with Crippen LogP contribution in [-0.2, 0) is 9.59 Å². The normalized spacial score (nSPS) is 12.9. The average Bonchev–Trinajstić information content (AvgIpc) is 3.32. The number of benzene rings is 2. The van der Waals surface area contributed by atoms with Crippen molar-refractivity contribution >= 4 is 46.4 Å². The standard InChI is InChI=1S/C24H20Cl2N4O3/c25-17-14-18(26)24(27-15-17)33-21-9-5-4-8-20(21)28-22(31)10-11-23(32)30-13-12-19(29-30)16-6-2-1-3-7-16/h1-9,14-15H,10-13H2,(H,28,31). The zero-order valence-corrected chi connectivity index (χ0v) is 19.0. The summed E-state index contributed by atoms with van der Waals surface area (Å²) >= 11 is 12.0. The highest BCUT2D eigenvalue weighted by molar-refractivity contribution is 6.35. The lowest BCUT2D eigenvalue weighted by atomic mass is 10.1. The van der Waals surface area contributed by atoms with Crippen LogP contribution in [0.5, 0.6) is 11.6 Å². The predicted molar refractivity (Wildman–Crippen MR) is 128 cm³/mol. The Bertz CT molecular complexity index is 1200. The Morgan fingerprint density at radius 1 is 1.03 bits per heavy atom. The summed E-state index contributed by atoms with van der Waals surface area (Å²) in [6.07, 6.45) is 2.17. The first-order valence-electron chi connectivity index (χ1n) is 10.3. The molecule has 2 aromatic carbocycles. The van der Waals surface area contributed by atoms with E-state index in [1.165, 1.54) is 17.3 Å². The van der Waals surface area contributed by atoms with Crippen LogP contribution >= 0.6 is 23.2 Å². The molecule has 1 aromatic heterocycles. The van der Waals surface area contributed by atoms with Gasteiger partial charge in [0.25, 0.3) is 0 Å². The van der Waals surface area contributed by atoms with Gasteiger partial charge in [-0.1, -0.05) is 65.7 Å². The highest BCUT2D eigenvalue weighted by Crippen LogP contribution is 2.33. The number of rotatable bonds is 7. The van der Waals surface area contributed by atoms with E-state index in [1.54, 1.807) is 24.3 Å². The molecule has 4 rings (SSSR count). The minimum absolute atomic E-state index is 0.0137. The van der Waals surface area contributed by atoms with Gasteiger partial charge in [0.2, 0.25) is 17.7 Å². The molecule has 1 aliphatic heterocycles. The molecule has 9 heteroatoms. The summed E-state index contributed by atoms with van der Waals surface area (Å²) in [5.41, 5.74) is 2.31. The number of anilines is 1. The van der Waals surface area contributed by atoms with Crippen molar-refractivity contribution in [1.82, 2.24) is 9.99 Å². The molecule has 0 bridgehead atoms. The summed E-state index contributed by atoms with van der Waals surface area (Å²) in [5.74, 6) is 0.0170. The van der Waals surface area contributed by atoms with Gasteiger partial charge in [0.05, 0.1) is 23.0 Å². The Morgan fingerprint density at radius 2 is 1.79 bits per heavy atom. The first-order valence-corrected chi connectivity index (χ1v) is 11.1. The maximum atomic E-state index is 12.5. The van der Waals surface area contributed by atoms with E-state index in [4.69, 9.17) is 27.9 Å². The number of hydrazone groups is 1. The van der Waals surface area contributed by atoms with Crippen molar-refractivity contribution in [3.8, 4) is 11.6 Å². The monoisotopic (exact) mass is 482 g/mol. The molecular weight excluding hydrogens is 463 g/mol. The molecule has 0 radical (unpaired) electrons. The number of amides is 2. The zero-order chi connectivity index (χ0) is 23.2. The van der Waals surface area contributed by atoms with Gasteiger partial charge in [-0.05, 0) is 23.8 Å². The number of carbonyl (C=O) groups excluding carboxylic acids is 2.